The Hall–Kier alpha value is -3.88. The smallest absolute Gasteiger partial charge is 0.319 e. The third-order valence-electron chi connectivity index (χ3n) is 5.53. The summed E-state index contributed by atoms with van der Waals surface area (Å²) in [6.07, 6.45) is 4.80. The van der Waals surface area contributed by atoms with Crippen molar-refractivity contribution in [3.05, 3.63) is 48.3 Å². The number of rotatable bonds is 6. The second-order valence-corrected chi connectivity index (χ2v) is 7.32. The van der Waals surface area contributed by atoms with Crippen LogP contribution in [0.2, 0.25) is 0 Å². The molecule has 2 aliphatic rings. The third kappa shape index (κ3) is 3.37. The Kier molecular flexibility index (Phi) is 4.58. The minimum Gasteiger partial charge on any atom is -0.480 e. The first-order valence-corrected chi connectivity index (χ1v) is 9.76. The zero-order valence-electron chi connectivity index (χ0n) is 17.0. The quantitative estimate of drug-likeness (QED) is 0.646. The molecule has 2 aromatic heterocycles. The van der Waals surface area contributed by atoms with E-state index in [1.165, 1.54) is 14.2 Å². The maximum atomic E-state index is 13.0. The molecule has 0 spiro atoms. The molecule has 1 aromatic carbocycles. The maximum absolute atomic E-state index is 13.0. The lowest BCUT2D eigenvalue weighted by atomic mass is 9.94. The number of carbonyl (C=O) groups excluding carboxylic acids is 1. The van der Waals surface area contributed by atoms with Gasteiger partial charge in [-0.1, -0.05) is 6.07 Å². The first-order chi connectivity index (χ1) is 15.1. The van der Waals surface area contributed by atoms with Crippen molar-refractivity contribution in [2.24, 2.45) is 0 Å². The lowest BCUT2D eigenvalue weighted by molar-refractivity contribution is -0.118. The molecule has 3 heterocycles. The molecule has 0 saturated heterocycles. The van der Waals surface area contributed by atoms with Crippen LogP contribution in [0, 0.1) is 0 Å². The summed E-state index contributed by atoms with van der Waals surface area (Å²) in [4.78, 5) is 25.7. The summed E-state index contributed by atoms with van der Waals surface area (Å²) in [6, 6.07) is 9.45. The molecule has 0 atom stereocenters. The van der Waals surface area contributed by atoms with Gasteiger partial charge in [-0.15, -0.1) is 0 Å². The lowest BCUT2D eigenvalue weighted by Gasteiger charge is -2.16. The molecule has 1 aliphatic carbocycles. The minimum absolute atomic E-state index is 0. The fourth-order valence-electron chi connectivity index (χ4n) is 3.63. The van der Waals surface area contributed by atoms with E-state index in [1.807, 2.05) is 24.3 Å². The number of ether oxygens (including phenoxy) is 4. The van der Waals surface area contributed by atoms with Gasteiger partial charge in [0.2, 0.25) is 18.6 Å². The predicted octanol–water partition coefficient (Wildman–Crippen LogP) is 3.20. The highest BCUT2D eigenvalue weighted by atomic mass is 16.7. The fourth-order valence-corrected chi connectivity index (χ4v) is 3.63. The van der Waals surface area contributed by atoms with Crippen LogP contribution in [0.1, 0.15) is 19.8 Å². The van der Waals surface area contributed by atoms with Gasteiger partial charge in [0.15, 0.2) is 11.5 Å². The Bertz CT molecular complexity index is 1150. The molecule has 1 amide bonds. The summed E-state index contributed by atoms with van der Waals surface area (Å²) in [7, 11) is 3.02. The van der Waals surface area contributed by atoms with E-state index >= 15 is 0 Å². The molecule has 9 heteroatoms. The highest BCUT2D eigenvalue weighted by Gasteiger charge is 2.51. The van der Waals surface area contributed by atoms with Crippen molar-refractivity contribution in [3.8, 4) is 34.5 Å². The van der Waals surface area contributed by atoms with Gasteiger partial charge in [-0.3, -0.25) is 4.79 Å². The van der Waals surface area contributed by atoms with Gasteiger partial charge in [0.25, 0.3) is 0 Å². The van der Waals surface area contributed by atoms with Crippen LogP contribution < -0.4 is 24.3 Å². The van der Waals surface area contributed by atoms with Crippen LogP contribution in [0.15, 0.2) is 42.7 Å². The summed E-state index contributed by atoms with van der Waals surface area (Å²) in [5.74, 6) is 2.14. The molecule has 1 N–H and O–H groups in total. The summed E-state index contributed by atoms with van der Waals surface area (Å²) in [5.41, 5.74) is 1.79. The minimum atomic E-state index is -0.561. The van der Waals surface area contributed by atoms with Gasteiger partial charge >= 0.3 is 6.01 Å². The monoisotopic (exact) mass is 422 g/mol. The summed E-state index contributed by atoms with van der Waals surface area (Å²) >= 11 is 0. The van der Waals surface area contributed by atoms with E-state index in [2.05, 4.69) is 20.3 Å². The van der Waals surface area contributed by atoms with Crippen LogP contribution in [0.25, 0.3) is 11.1 Å². The van der Waals surface area contributed by atoms with E-state index in [-0.39, 0.29) is 20.1 Å². The number of pyridine rings is 1. The number of fused-ring (bicyclic) bond motifs is 1. The van der Waals surface area contributed by atoms with Gasteiger partial charge in [0.05, 0.1) is 25.2 Å². The van der Waals surface area contributed by atoms with E-state index in [0.717, 1.165) is 24.0 Å². The normalized spacial score (nSPS) is 15.3. The number of nitrogens with zero attached hydrogens (tertiary/aromatic N) is 3. The first-order valence-electron chi connectivity index (χ1n) is 9.76. The van der Waals surface area contributed by atoms with Crippen molar-refractivity contribution in [2.75, 3.05) is 26.3 Å². The Morgan fingerprint density at radius 1 is 1.06 bits per heavy atom. The number of methoxy groups -OCH3 is 2. The van der Waals surface area contributed by atoms with E-state index in [4.69, 9.17) is 18.9 Å². The molecule has 1 aliphatic heterocycles. The Morgan fingerprint density at radius 3 is 2.61 bits per heavy atom. The van der Waals surface area contributed by atoms with Crippen LogP contribution in [-0.4, -0.2) is 41.9 Å². The molecule has 160 valence electrons. The largest absolute Gasteiger partial charge is 0.480 e. The van der Waals surface area contributed by atoms with Crippen molar-refractivity contribution in [3.63, 3.8) is 0 Å². The molecule has 0 bridgehead atoms. The summed E-state index contributed by atoms with van der Waals surface area (Å²) in [6.45, 7) is 0.207. The highest BCUT2D eigenvalue weighted by Crippen LogP contribution is 2.51. The van der Waals surface area contributed by atoms with Crippen molar-refractivity contribution >= 4 is 11.7 Å². The average Bonchev–Trinajstić information content (AvgIpc) is 3.50. The summed E-state index contributed by atoms with van der Waals surface area (Å²) < 4.78 is 21.2. The molecule has 31 heavy (non-hydrogen) atoms. The Balaban J connectivity index is 0.00000245. The fraction of sp³-hybridized carbons (Fsp3) is 0.273. The van der Waals surface area contributed by atoms with Gasteiger partial charge in [-0.2, -0.15) is 4.98 Å². The molecule has 1 saturated carbocycles. The van der Waals surface area contributed by atoms with Crippen LogP contribution in [0.3, 0.4) is 0 Å². The second kappa shape index (κ2) is 7.42. The number of anilines is 1. The van der Waals surface area contributed by atoms with E-state index in [9.17, 15) is 4.79 Å². The van der Waals surface area contributed by atoms with Gasteiger partial charge in [-0.25, -0.2) is 9.97 Å². The molecule has 3 aromatic rings. The summed E-state index contributed by atoms with van der Waals surface area (Å²) in [5, 5.41) is 2.93. The van der Waals surface area contributed by atoms with E-state index < -0.39 is 5.41 Å². The number of hydrogen-bond donors (Lipinski definition) is 1. The number of carbonyl (C=O) groups is 1. The van der Waals surface area contributed by atoms with Gasteiger partial charge < -0.3 is 24.3 Å². The van der Waals surface area contributed by atoms with Gasteiger partial charge in [0, 0.05) is 19.4 Å². The van der Waals surface area contributed by atoms with Crippen molar-refractivity contribution in [1.29, 1.82) is 0 Å². The Morgan fingerprint density at radius 2 is 1.90 bits per heavy atom. The number of amides is 1. The number of benzene rings is 1. The highest BCUT2D eigenvalue weighted by molar-refractivity contribution is 6.01. The zero-order chi connectivity index (χ0) is 21.4. The molecule has 9 nitrogen and oxygen atoms in total. The molecule has 1 fully saturated rings. The SMILES string of the molecule is COc1ncc(-c2ccc(NC(=O)C3(c4ccc5c(c4)OCO5)CC3)nc2)c(OC)n1.[HH]. The van der Waals surface area contributed by atoms with Crippen molar-refractivity contribution in [2.45, 2.75) is 18.3 Å². The van der Waals surface area contributed by atoms with Gasteiger partial charge in [-0.05, 0) is 42.7 Å². The topological polar surface area (TPSA) is 105 Å². The Labute approximate surface area is 179 Å². The van der Waals surface area contributed by atoms with E-state index in [1.54, 1.807) is 18.5 Å². The predicted molar refractivity (Wildman–Crippen MR) is 113 cm³/mol. The van der Waals surface area contributed by atoms with Crippen molar-refractivity contribution < 1.29 is 25.2 Å². The average molecular weight is 422 g/mol. The van der Waals surface area contributed by atoms with Crippen LogP contribution in [0.5, 0.6) is 23.4 Å². The first kappa shape index (κ1) is 19.1. The lowest BCUT2D eigenvalue weighted by Crippen LogP contribution is -2.28. The molecular weight excluding hydrogens is 400 g/mol. The molecule has 0 radical (unpaired) electrons. The maximum Gasteiger partial charge on any atom is 0.319 e. The zero-order valence-corrected chi connectivity index (χ0v) is 17.0. The number of hydrogen-bond acceptors (Lipinski definition) is 8. The number of aromatic nitrogens is 3. The van der Waals surface area contributed by atoms with Gasteiger partial charge in [0.1, 0.15) is 5.82 Å². The third-order valence-corrected chi connectivity index (χ3v) is 5.53. The molecule has 0 unspecified atom stereocenters. The van der Waals surface area contributed by atoms with Crippen LogP contribution in [-0.2, 0) is 10.2 Å². The molecular formula is C22H22N4O5. The standard InChI is InChI=1S/C22H20N4O5.H2/c1-28-19-15(11-24-21(26-19)29-2)13-3-6-18(23-10-13)25-20(27)22(7-8-22)14-4-5-16-17(9-14)31-12-30-16;/h3-6,9-11H,7-8,12H2,1-2H3,(H,23,25,27);1H. The van der Waals surface area contributed by atoms with Crippen molar-refractivity contribution in [1.82, 2.24) is 15.0 Å². The van der Waals surface area contributed by atoms with Crippen LogP contribution in [0.4, 0.5) is 5.82 Å². The van der Waals surface area contributed by atoms with Crippen LogP contribution >= 0.6 is 0 Å². The number of nitrogens with one attached hydrogen (secondary N) is 1. The second-order valence-electron chi connectivity index (χ2n) is 7.32. The molecule has 5 rings (SSSR count). The van der Waals surface area contributed by atoms with E-state index in [0.29, 0.717) is 28.8 Å².